The number of aryl methyl sites for hydroxylation is 1. The number of hydrogen-bond donors (Lipinski definition) is 2. The van der Waals surface area contributed by atoms with Crippen LogP contribution < -0.4 is 10.1 Å². The molecule has 1 amide bonds. The van der Waals surface area contributed by atoms with Gasteiger partial charge < -0.3 is 15.2 Å². The van der Waals surface area contributed by atoms with Gasteiger partial charge in [-0.25, -0.2) is 4.39 Å². The molecule has 2 aliphatic carbocycles. The Balaban J connectivity index is 1.38. The van der Waals surface area contributed by atoms with Crippen LogP contribution in [0.5, 0.6) is 5.75 Å². The Labute approximate surface area is 221 Å². The molecule has 1 unspecified atom stereocenters. The molecule has 5 nitrogen and oxygen atoms in total. The smallest absolute Gasteiger partial charge is 0.303 e. The van der Waals surface area contributed by atoms with E-state index in [-0.39, 0.29) is 29.6 Å². The zero-order valence-corrected chi connectivity index (χ0v) is 21.5. The fourth-order valence-corrected chi connectivity index (χ4v) is 4.96. The maximum absolute atomic E-state index is 14.8. The van der Waals surface area contributed by atoms with Crippen LogP contribution in [0.1, 0.15) is 52.7 Å². The molecule has 1 atom stereocenters. The van der Waals surface area contributed by atoms with Crippen LogP contribution in [0.2, 0.25) is 0 Å². The summed E-state index contributed by atoms with van der Waals surface area (Å²) in [6, 6.07) is 8.75. The molecule has 0 bridgehead atoms. The highest BCUT2D eigenvalue weighted by Crippen LogP contribution is 2.43. The zero-order valence-electron chi connectivity index (χ0n) is 21.5. The highest BCUT2D eigenvalue weighted by molar-refractivity contribution is 5.95. The molecule has 198 valence electrons. The Morgan fingerprint density at radius 2 is 1.79 bits per heavy atom. The second-order valence-corrected chi connectivity index (χ2v) is 9.53. The summed E-state index contributed by atoms with van der Waals surface area (Å²) in [4.78, 5) is 23.2. The number of aliphatic carboxylic acids is 1. The van der Waals surface area contributed by atoms with Crippen LogP contribution in [0.15, 0.2) is 71.9 Å². The van der Waals surface area contributed by atoms with E-state index in [0.717, 1.165) is 35.1 Å². The number of unbranched alkanes of at least 4 members (excludes halogenated alkanes) is 2. The van der Waals surface area contributed by atoms with Crippen molar-refractivity contribution in [2.75, 3.05) is 13.7 Å². The molecule has 2 N–H and O–H groups in total. The lowest BCUT2D eigenvalue weighted by Gasteiger charge is -2.22. The molecule has 0 heterocycles. The van der Waals surface area contributed by atoms with Crippen molar-refractivity contribution in [3.63, 3.8) is 0 Å². The van der Waals surface area contributed by atoms with Crippen molar-refractivity contribution < 1.29 is 28.2 Å². The first-order chi connectivity index (χ1) is 18.3. The third-order valence-corrected chi connectivity index (χ3v) is 6.95. The van der Waals surface area contributed by atoms with Crippen LogP contribution in [-0.4, -0.2) is 30.6 Å². The number of carboxylic acid groups (broad SMARTS) is 1. The van der Waals surface area contributed by atoms with Crippen LogP contribution in [0.25, 0.3) is 5.57 Å². The molecule has 2 aromatic carbocycles. The Morgan fingerprint density at radius 3 is 2.53 bits per heavy atom. The predicted octanol–water partition coefficient (Wildman–Crippen LogP) is 6.34. The quantitative estimate of drug-likeness (QED) is 0.340. The number of amides is 1. The van der Waals surface area contributed by atoms with Gasteiger partial charge in [0.05, 0.1) is 7.11 Å². The van der Waals surface area contributed by atoms with Gasteiger partial charge in [0.2, 0.25) is 5.82 Å². The monoisotopic (exact) mass is 519 g/mol. The molecule has 0 fully saturated rings. The highest BCUT2D eigenvalue weighted by Gasteiger charge is 2.29. The number of fused-ring (bicyclic) bond motifs is 1. The Kier molecular flexibility index (Phi) is 8.56. The van der Waals surface area contributed by atoms with Crippen LogP contribution in [0.3, 0.4) is 0 Å². The van der Waals surface area contributed by atoms with Crippen molar-refractivity contribution >= 4 is 17.4 Å². The third-order valence-electron chi connectivity index (χ3n) is 6.95. The molecule has 0 saturated heterocycles. The van der Waals surface area contributed by atoms with E-state index < -0.39 is 17.6 Å². The van der Waals surface area contributed by atoms with Crippen molar-refractivity contribution in [3.05, 3.63) is 106 Å². The summed E-state index contributed by atoms with van der Waals surface area (Å²) in [5, 5.41) is 11.6. The largest absolute Gasteiger partial charge is 0.494 e. The first-order valence-electron chi connectivity index (χ1n) is 12.7. The number of ether oxygens (including phenoxy) is 1. The van der Waals surface area contributed by atoms with E-state index in [1.54, 1.807) is 6.07 Å². The molecule has 2 aromatic rings. The van der Waals surface area contributed by atoms with E-state index >= 15 is 0 Å². The molecular formula is C31H31F2NO4. The molecule has 7 heteroatoms. The van der Waals surface area contributed by atoms with Crippen molar-refractivity contribution in [3.8, 4) is 5.75 Å². The van der Waals surface area contributed by atoms with Gasteiger partial charge in [0.25, 0.3) is 5.91 Å². The van der Waals surface area contributed by atoms with Gasteiger partial charge in [0.15, 0.2) is 11.6 Å². The van der Waals surface area contributed by atoms with E-state index in [9.17, 15) is 18.4 Å². The molecule has 0 saturated carbocycles. The first kappa shape index (κ1) is 27.0. The normalized spacial score (nSPS) is 15.9. The SMILES string of the molecule is COc1ccc(C2=CC=C3C(Cc4ccc(C(=O)NCCCCCC(=O)O)c(C)c4)=CC=CC32)c(F)c1F. The summed E-state index contributed by atoms with van der Waals surface area (Å²) in [5.74, 6) is -3.15. The van der Waals surface area contributed by atoms with E-state index in [0.29, 0.717) is 30.5 Å². The van der Waals surface area contributed by atoms with Crippen LogP contribution in [0.4, 0.5) is 8.78 Å². The van der Waals surface area contributed by atoms with Crippen LogP contribution in [0, 0.1) is 24.5 Å². The molecule has 0 aromatic heterocycles. The van der Waals surface area contributed by atoms with Gasteiger partial charge >= 0.3 is 5.97 Å². The minimum absolute atomic E-state index is 0.124. The maximum atomic E-state index is 14.8. The number of hydrogen-bond acceptors (Lipinski definition) is 3. The van der Waals surface area contributed by atoms with Gasteiger partial charge in [-0.2, -0.15) is 4.39 Å². The number of nitrogens with one attached hydrogen (secondary N) is 1. The Bertz CT molecular complexity index is 1370. The summed E-state index contributed by atoms with van der Waals surface area (Å²) in [6.45, 7) is 2.40. The molecule has 2 aliphatic rings. The van der Waals surface area contributed by atoms with Gasteiger partial charge in [-0.1, -0.05) is 48.9 Å². The fraction of sp³-hybridized carbons (Fsp3) is 0.290. The molecule has 0 radical (unpaired) electrons. The number of carboxylic acids is 1. The lowest BCUT2D eigenvalue weighted by Crippen LogP contribution is -2.25. The number of methoxy groups -OCH3 is 1. The zero-order chi connectivity index (χ0) is 27.2. The summed E-state index contributed by atoms with van der Waals surface area (Å²) in [5.41, 5.74) is 5.56. The number of allylic oxidation sites excluding steroid dienone is 8. The second-order valence-electron chi connectivity index (χ2n) is 9.53. The topological polar surface area (TPSA) is 75.6 Å². The lowest BCUT2D eigenvalue weighted by molar-refractivity contribution is -0.137. The van der Waals surface area contributed by atoms with Gasteiger partial charge in [0.1, 0.15) is 0 Å². The molecular weight excluding hydrogens is 488 g/mol. The van der Waals surface area contributed by atoms with Gasteiger partial charge in [-0.05, 0) is 72.2 Å². The predicted molar refractivity (Wildman–Crippen MR) is 143 cm³/mol. The minimum Gasteiger partial charge on any atom is -0.494 e. The van der Waals surface area contributed by atoms with Gasteiger partial charge in [-0.3, -0.25) is 9.59 Å². The summed E-state index contributed by atoms with van der Waals surface area (Å²) in [6.07, 6.45) is 12.6. The number of carbonyl (C=O) groups is 2. The summed E-state index contributed by atoms with van der Waals surface area (Å²) < 4.78 is 34.0. The molecule has 0 aliphatic heterocycles. The fourth-order valence-electron chi connectivity index (χ4n) is 4.96. The van der Waals surface area contributed by atoms with Gasteiger partial charge in [-0.15, -0.1) is 0 Å². The van der Waals surface area contributed by atoms with E-state index in [1.807, 2.05) is 55.5 Å². The second kappa shape index (κ2) is 12.0. The van der Waals surface area contributed by atoms with E-state index in [1.165, 1.54) is 13.2 Å². The number of rotatable bonds is 11. The molecule has 0 spiro atoms. The molecule has 4 rings (SSSR count). The number of halogens is 2. The van der Waals surface area contributed by atoms with E-state index in [2.05, 4.69) is 5.32 Å². The molecule has 38 heavy (non-hydrogen) atoms. The first-order valence-corrected chi connectivity index (χ1v) is 12.7. The standard InChI is InChI=1S/C31H31F2NO4/c1-19-17-20(10-11-22(19)31(37)34-16-5-3-4-9-28(35)36)18-21-7-6-8-24-23(21)12-13-25(24)26-14-15-27(38-2)30(33)29(26)32/h6-8,10-15,17,24H,3-5,9,16,18H2,1-2H3,(H,34,37)(H,35,36). The summed E-state index contributed by atoms with van der Waals surface area (Å²) in [7, 11) is 1.31. The van der Waals surface area contributed by atoms with Crippen LogP contribution >= 0.6 is 0 Å². The van der Waals surface area contributed by atoms with Crippen molar-refractivity contribution in [1.29, 1.82) is 0 Å². The number of benzene rings is 2. The van der Waals surface area contributed by atoms with Crippen molar-refractivity contribution in [2.45, 2.75) is 39.0 Å². The van der Waals surface area contributed by atoms with Gasteiger partial charge in [0, 0.05) is 30.0 Å². The lowest BCUT2D eigenvalue weighted by atomic mass is 9.82. The maximum Gasteiger partial charge on any atom is 0.303 e. The average molecular weight is 520 g/mol. The minimum atomic E-state index is -0.993. The number of carbonyl (C=O) groups excluding carboxylic acids is 1. The van der Waals surface area contributed by atoms with Crippen LogP contribution in [-0.2, 0) is 11.2 Å². The summed E-state index contributed by atoms with van der Waals surface area (Å²) >= 11 is 0. The Hall–Kier alpha value is -4.00. The third kappa shape index (κ3) is 5.93. The van der Waals surface area contributed by atoms with Crippen molar-refractivity contribution in [2.24, 2.45) is 5.92 Å². The van der Waals surface area contributed by atoms with Crippen molar-refractivity contribution in [1.82, 2.24) is 5.32 Å². The van der Waals surface area contributed by atoms with E-state index in [4.69, 9.17) is 9.84 Å². The average Bonchev–Trinajstić information content (AvgIpc) is 3.32. The Morgan fingerprint density at radius 1 is 1.00 bits per heavy atom. The highest BCUT2D eigenvalue weighted by atomic mass is 19.2.